The molecule has 0 fully saturated rings. The minimum Gasteiger partial charge on any atom is -0.469 e. The monoisotopic (exact) mass is 266 g/mol. The van der Waals surface area contributed by atoms with Crippen LogP contribution in [0.5, 0.6) is 0 Å². The third-order valence-electron chi connectivity index (χ3n) is 2.65. The van der Waals surface area contributed by atoms with Crippen molar-refractivity contribution in [2.45, 2.75) is 33.6 Å². The number of esters is 1. The summed E-state index contributed by atoms with van der Waals surface area (Å²) in [4.78, 5) is 19.8. The number of carbonyl (C=O) groups excluding carboxylic acids is 1. The maximum atomic E-state index is 11.1. The normalized spacial score (nSPS) is 10.1. The molecule has 1 aromatic heterocycles. The Balaban J connectivity index is 2.71. The molecule has 0 unspecified atom stereocenters. The van der Waals surface area contributed by atoms with Gasteiger partial charge < -0.3 is 15.4 Å². The van der Waals surface area contributed by atoms with E-state index < -0.39 is 0 Å². The van der Waals surface area contributed by atoms with Crippen LogP contribution in [-0.2, 0) is 9.53 Å². The Morgan fingerprint density at radius 1 is 1.16 bits per heavy atom. The smallest absolute Gasteiger partial charge is 0.307 e. The van der Waals surface area contributed by atoms with Crippen LogP contribution in [0.2, 0.25) is 0 Å². The first-order chi connectivity index (χ1) is 9.08. The first kappa shape index (κ1) is 15.2. The van der Waals surface area contributed by atoms with E-state index in [4.69, 9.17) is 0 Å². The average molecular weight is 266 g/mol. The highest BCUT2D eigenvalue weighted by molar-refractivity contribution is 5.70. The summed E-state index contributed by atoms with van der Waals surface area (Å²) in [6.07, 6.45) is 1.35. The number of aromatic nitrogens is 2. The molecule has 0 saturated heterocycles. The lowest BCUT2D eigenvalue weighted by atomic mass is 10.3. The molecule has 0 bridgehead atoms. The molecule has 6 nitrogen and oxygen atoms in total. The number of hydrogen-bond acceptors (Lipinski definition) is 6. The van der Waals surface area contributed by atoms with Crippen molar-refractivity contribution in [2.24, 2.45) is 0 Å². The number of anilines is 2. The second-order valence-electron chi connectivity index (χ2n) is 4.27. The zero-order valence-electron chi connectivity index (χ0n) is 12.0. The van der Waals surface area contributed by atoms with Gasteiger partial charge in [0, 0.05) is 18.7 Å². The van der Waals surface area contributed by atoms with E-state index in [0.717, 1.165) is 30.2 Å². The number of nitrogens with zero attached hydrogens (tertiary/aromatic N) is 2. The van der Waals surface area contributed by atoms with Crippen molar-refractivity contribution in [3.05, 3.63) is 11.4 Å². The lowest BCUT2D eigenvalue weighted by Crippen LogP contribution is -2.14. The Morgan fingerprint density at radius 2 is 1.74 bits per heavy atom. The fourth-order valence-corrected chi connectivity index (χ4v) is 1.60. The molecule has 0 aliphatic carbocycles. The molecule has 0 saturated carbocycles. The quantitative estimate of drug-likeness (QED) is 0.734. The lowest BCUT2D eigenvalue weighted by molar-refractivity contribution is -0.140. The summed E-state index contributed by atoms with van der Waals surface area (Å²) >= 11 is 0. The number of aryl methyl sites for hydroxylation is 1. The fourth-order valence-electron chi connectivity index (χ4n) is 1.60. The molecule has 1 rings (SSSR count). The third-order valence-corrected chi connectivity index (χ3v) is 2.65. The van der Waals surface area contributed by atoms with Crippen molar-refractivity contribution in [2.75, 3.05) is 30.8 Å². The standard InChI is InChI=1S/C13H22N4O2/c1-5-7-14-12-9(2)13(17-10(3)16-12)15-8-6-11(18)19-4/h5-8H2,1-4H3,(H2,14,15,16,17). The summed E-state index contributed by atoms with van der Waals surface area (Å²) in [6, 6.07) is 0. The first-order valence-electron chi connectivity index (χ1n) is 6.48. The van der Waals surface area contributed by atoms with Crippen molar-refractivity contribution in [1.29, 1.82) is 0 Å². The van der Waals surface area contributed by atoms with Gasteiger partial charge in [-0.3, -0.25) is 4.79 Å². The maximum absolute atomic E-state index is 11.1. The summed E-state index contributed by atoms with van der Waals surface area (Å²) < 4.78 is 4.59. The fraction of sp³-hybridized carbons (Fsp3) is 0.615. The average Bonchev–Trinajstić information content (AvgIpc) is 2.40. The van der Waals surface area contributed by atoms with Gasteiger partial charge >= 0.3 is 5.97 Å². The van der Waals surface area contributed by atoms with E-state index in [1.807, 2.05) is 13.8 Å². The van der Waals surface area contributed by atoms with Gasteiger partial charge in [0.1, 0.15) is 17.5 Å². The van der Waals surface area contributed by atoms with Crippen LogP contribution in [0.4, 0.5) is 11.6 Å². The molecular formula is C13H22N4O2. The van der Waals surface area contributed by atoms with Gasteiger partial charge in [0.2, 0.25) is 0 Å². The zero-order valence-corrected chi connectivity index (χ0v) is 12.0. The molecule has 19 heavy (non-hydrogen) atoms. The van der Waals surface area contributed by atoms with Crippen molar-refractivity contribution < 1.29 is 9.53 Å². The second kappa shape index (κ2) is 7.56. The van der Waals surface area contributed by atoms with Gasteiger partial charge in [0.15, 0.2) is 0 Å². The predicted molar refractivity (Wildman–Crippen MR) is 75.4 cm³/mol. The van der Waals surface area contributed by atoms with Crippen LogP contribution in [0, 0.1) is 13.8 Å². The topological polar surface area (TPSA) is 76.1 Å². The van der Waals surface area contributed by atoms with Gasteiger partial charge in [-0.25, -0.2) is 9.97 Å². The van der Waals surface area contributed by atoms with Gasteiger partial charge in [-0.05, 0) is 20.3 Å². The molecule has 0 atom stereocenters. The Hall–Kier alpha value is -1.85. The number of rotatable bonds is 7. The molecule has 1 aromatic rings. The second-order valence-corrected chi connectivity index (χ2v) is 4.27. The summed E-state index contributed by atoms with van der Waals surface area (Å²) in [5, 5.41) is 6.42. The molecule has 2 N–H and O–H groups in total. The highest BCUT2D eigenvalue weighted by Gasteiger charge is 2.09. The van der Waals surface area contributed by atoms with Crippen molar-refractivity contribution in [3.8, 4) is 0 Å². The van der Waals surface area contributed by atoms with Gasteiger partial charge in [-0.1, -0.05) is 6.92 Å². The van der Waals surface area contributed by atoms with Gasteiger partial charge in [-0.2, -0.15) is 0 Å². The SMILES string of the molecule is CCCNc1nc(C)nc(NCCC(=O)OC)c1C. The highest BCUT2D eigenvalue weighted by atomic mass is 16.5. The number of nitrogens with one attached hydrogen (secondary N) is 2. The maximum Gasteiger partial charge on any atom is 0.307 e. The zero-order chi connectivity index (χ0) is 14.3. The molecule has 106 valence electrons. The van der Waals surface area contributed by atoms with Crippen molar-refractivity contribution in [3.63, 3.8) is 0 Å². The Kier molecular flexibility index (Phi) is 6.05. The summed E-state index contributed by atoms with van der Waals surface area (Å²) in [7, 11) is 1.38. The summed E-state index contributed by atoms with van der Waals surface area (Å²) in [6.45, 7) is 7.28. The Bertz CT molecular complexity index is 435. The Labute approximate surface area is 114 Å². The molecule has 0 aliphatic heterocycles. The van der Waals surface area contributed by atoms with Crippen LogP contribution in [0.25, 0.3) is 0 Å². The van der Waals surface area contributed by atoms with E-state index in [-0.39, 0.29) is 5.97 Å². The van der Waals surface area contributed by atoms with E-state index >= 15 is 0 Å². The van der Waals surface area contributed by atoms with E-state index in [1.165, 1.54) is 7.11 Å². The van der Waals surface area contributed by atoms with Crippen molar-refractivity contribution >= 4 is 17.6 Å². The van der Waals surface area contributed by atoms with E-state index in [9.17, 15) is 4.79 Å². The molecule has 0 amide bonds. The van der Waals surface area contributed by atoms with Crippen LogP contribution >= 0.6 is 0 Å². The summed E-state index contributed by atoms with van der Waals surface area (Å²) in [5.74, 6) is 2.06. The van der Waals surface area contributed by atoms with Crippen LogP contribution in [0.1, 0.15) is 31.2 Å². The predicted octanol–water partition coefficient (Wildman–Crippen LogP) is 1.89. The van der Waals surface area contributed by atoms with Crippen molar-refractivity contribution in [1.82, 2.24) is 9.97 Å². The number of hydrogen-bond donors (Lipinski definition) is 2. The molecular weight excluding hydrogens is 244 g/mol. The largest absolute Gasteiger partial charge is 0.469 e. The molecule has 0 radical (unpaired) electrons. The third kappa shape index (κ3) is 4.73. The Morgan fingerprint density at radius 3 is 2.26 bits per heavy atom. The molecule has 0 aliphatic rings. The van der Waals surface area contributed by atoms with Crippen LogP contribution in [0.15, 0.2) is 0 Å². The van der Waals surface area contributed by atoms with E-state index in [1.54, 1.807) is 0 Å². The minimum absolute atomic E-state index is 0.236. The van der Waals surface area contributed by atoms with Gasteiger partial charge in [-0.15, -0.1) is 0 Å². The van der Waals surface area contributed by atoms with Gasteiger partial charge in [0.25, 0.3) is 0 Å². The van der Waals surface area contributed by atoms with Crippen LogP contribution < -0.4 is 10.6 Å². The minimum atomic E-state index is -0.236. The molecule has 0 aromatic carbocycles. The number of carbonyl (C=O) groups is 1. The molecule has 6 heteroatoms. The van der Waals surface area contributed by atoms with E-state index in [2.05, 4.69) is 32.3 Å². The van der Waals surface area contributed by atoms with E-state index in [0.29, 0.717) is 18.8 Å². The molecule has 1 heterocycles. The van der Waals surface area contributed by atoms with Crippen LogP contribution in [0.3, 0.4) is 0 Å². The number of methoxy groups -OCH3 is 1. The lowest BCUT2D eigenvalue weighted by Gasteiger charge is -2.13. The molecule has 0 spiro atoms. The summed E-state index contributed by atoms with van der Waals surface area (Å²) in [5.41, 5.74) is 0.962. The van der Waals surface area contributed by atoms with Crippen LogP contribution in [-0.4, -0.2) is 36.1 Å². The van der Waals surface area contributed by atoms with Gasteiger partial charge in [0.05, 0.1) is 13.5 Å². The number of ether oxygens (including phenoxy) is 1. The highest BCUT2D eigenvalue weighted by Crippen LogP contribution is 2.19. The first-order valence-corrected chi connectivity index (χ1v) is 6.48.